The minimum absolute atomic E-state index is 0.0634. The van der Waals surface area contributed by atoms with Crippen molar-refractivity contribution in [2.24, 2.45) is 0 Å². The monoisotopic (exact) mass is 316 g/mol. The molecule has 3 aromatic rings. The van der Waals surface area contributed by atoms with Crippen molar-refractivity contribution < 1.29 is 4.74 Å². The fourth-order valence-electron chi connectivity index (χ4n) is 2.93. The summed E-state index contributed by atoms with van der Waals surface area (Å²) in [4.78, 5) is 0. The molecule has 0 aliphatic heterocycles. The summed E-state index contributed by atoms with van der Waals surface area (Å²) in [6, 6.07) is 27.5. The van der Waals surface area contributed by atoms with Crippen molar-refractivity contribution in [2.45, 2.75) is 33.0 Å². The molecule has 0 amide bonds. The molecule has 0 bridgehead atoms. The molecular weight excluding hydrogens is 292 g/mol. The van der Waals surface area contributed by atoms with Crippen LogP contribution in [0.4, 0.5) is 0 Å². The quantitative estimate of drug-likeness (QED) is 0.558. The van der Waals surface area contributed by atoms with Gasteiger partial charge in [-0.15, -0.1) is 0 Å². The Morgan fingerprint density at radius 1 is 0.750 bits per heavy atom. The average molecular weight is 316 g/mol. The van der Waals surface area contributed by atoms with Gasteiger partial charge in [0.05, 0.1) is 12.7 Å². The zero-order chi connectivity index (χ0) is 16.8. The predicted octanol–water partition coefficient (Wildman–Crippen LogP) is 5.80. The van der Waals surface area contributed by atoms with E-state index < -0.39 is 0 Å². The second-order valence-electron chi connectivity index (χ2n) is 6.26. The Morgan fingerprint density at radius 3 is 2.12 bits per heavy atom. The predicted molar refractivity (Wildman–Crippen MR) is 100 cm³/mol. The van der Waals surface area contributed by atoms with Crippen molar-refractivity contribution in [1.29, 1.82) is 0 Å². The molecule has 0 aliphatic carbocycles. The van der Waals surface area contributed by atoms with Crippen LogP contribution in [0.25, 0.3) is 0 Å². The molecule has 1 nitrogen and oxygen atoms in total. The van der Waals surface area contributed by atoms with Crippen LogP contribution in [0.2, 0.25) is 0 Å². The SMILES string of the molecule is Cc1cccc(COC(Cc2ccccc2)c2ccccc2)c1C. The number of rotatable bonds is 6. The van der Waals surface area contributed by atoms with E-state index in [9.17, 15) is 0 Å². The van der Waals surface area contributed by atoms with Gasteiger partial charge in [0, 0.05) is 6.42 Å². The molecule has 0 heterocycles. The number of benzene rings is 3. The Hall–Kier alpha value is -2.38. The fourth-order valence-corrected chi connectivity index (χ4v) is 2.93. The van der Waals surface area contributed by atoms with Crippen LogP contribution in [0.3, 0.4) is 0 Å². The highest BCUT2D eigenvalue weighted by molar-refractivity contribution is 5.32. The second-order valence-corrected chi connectivity index (χ2v) is 6.26. The van der Waals surface area contributed by atoms with Crippen molar-refractivity contribution >= 4 is 0 Å². The Bertz CT molecular complexity index is 763. The van der Waals surface area contributed by atoms with Crippen LogP contribution >= 0.6 is 0 Å². The molecule has 3 aromatic carbocycles. The topological polar surface area (TPSA) is 9.23 Å². The third-order valence-electron chi connectivity index (χ3n) is 4.59. The lowest BCUT2D eigenvalue weighted by atomic mass is 10.0. The first-order valence-corrected chi connectivity index (χ1v) is 8.49. The first-order chi connectivity index (χ1) is 11.7. The summed E-state index contributed by atoms with van der Waals surface area (Å²) in [6.45, 7) is 4.96. The van der Waals surface area contributed by atoms with Crippen molar-refractivity contribution in [3.8, 4) is 0 Å². The van der Waals surface area contributed by atoms with Gasteiger partial charge in [-0.2, -0.15) is 0 Å². The van der Waals surface area contributed by atoms with Crippen LogP contribution in [-0.2, 0) is 17.8 Å². The minimum Gasteiger partial charge on any atom is -0.368 e. The minimum atomic E-state index is 0.0634. The summed E-state index contributed by atoms with van der Waals surface area (Å²) in [6.07, 6.45) is 0.948. The molecular formula is C23H24O. The fraction of sp³-hybridized carbons (Fsp3) is 0.217. The Labute approximate surface area is 144 Å². The molecule has 0 aliphatic rings. The molecule has 0 saturated carbocycles. The molecule has 0 spiro atoms. The summed E-state index contributed by atoms with van der Waals surface area (Å²) in [5, 5.41) is 0. The van der Waals surface area contributed by atoms with Crippen LogP contribution in [0.5, 0.6) is 0 Å². The molecule has 0 saturated heterocycles. The van der Waals surface area contributed by atoms with E-state index in [0.29, 0.717) is 6.61 Å². The standard InChI is InChI=1S/C23H24O/c1-18-10-9-15-22(19(18)2)17-24-23(21-13-7-4-8-14-21)16-20-11-5-3-6-12-20/h3-15,23H,16-17H2,1-2H3. The highest BCUT2D eigenvalue weighted by atomic mass is 16.5. The summed E-state index contributed by atoms with van der Waals surface area (Å²) in [7, 11) is 0. The summed E-state index contributed by atoms with van der Waals surface area (Å²) in [5.41, 5.74) is 6.43. The molecule has 0 radical (unpaired) electrons. The van der Waals surface area contributed by atoms with Crippen molar-refractivity contribution in [2.75, 3.05) is 0 Å². The highest BCUT2D eigenvalue weighted by Crippen LogP contribution is 2.25. The largest absolute Gasteiger partial charge is 0.368 e. The van der Waals surface area contributed by atoms with Gasteiger partial charge < -0.3 is 4.74 Å². The Kier molecular flexibility index (Phi) is 5.45. The van der Waals surface area contributed by atoms with E-state index in [0.717, 1.165) is 6.42 Å². The van der Waals surface area contributed by atoms with Gasteiger partial charge in [-0.05, 0) is 41.7 Å². The molecule has 1 unspecified atom stereocenters. The van der Waals surface area contributed by atoms with Gasteiger partial charge in [-0.25, -0.2) is 0 Å². The van der Waals surface area contributed by atoms with Crippen LogP contribution < -0.4 is 0 Å². The van der Waals surface area contributed by atoms with Gasteiger partial charge in [0.1, 0.15) is 0 Å². The lowest BCUT2D eigenvalue weighted by Crippen LogP contribution is -2.09. The van der Waals surface area contributed by atoms with Crippen LogP contribution in [0.15, 0.2) is 78.9 Å². The zero-order valence-electron chi connectivity index (χ0n) is 14.4. The van der Waals surface area contributed by atoms with Crippen LogP contribution in [0.1, 0.15) is 33.9 Å². The van der Waals surface area contributed by atoms with Gasteiger partial charge in [-0.3, -0.25) is 0 Å². The van der Waals surface area contributed by atoms with Crippen molar-refractivity contribution in [1.82, 2.24) is 0 Å². The van der Waals surface area contributed by atoms with Crippen molar-refractivity contribution in [3.05, 3.63) is 107 Å². The van der Waals surface area contributed by atoms with E-state index >= 15 is 0 Å². The van der Waals surface area contributed by atoms with Crippen LogP contribution in [0, 0.1) is 13.8 Å². The van der Waals surface area contributed by atoms with Gasteiger partial charge >= 0.3 is 0 Å². The maximum absolute atomic E-state index is 6.35. The lowest BCUT2D eigenvalue weighted by Gasteiger charge is -2.20. The molecule has 1 atom stereocenters. The third-order valence-corrected chi connectivity index (χ3v) is 4.59. The first kappa shape index (κ1) is 16.5. The van der Waals surface area contributed by atoms with E-state index in [1.54, 1.807) is 0 Å². The van der Waals surface area contributed by atoms with E-state index in [4.69, 9.17) is 4.74 Å². The summed E-state index contributed by atoms with van der Waals surface area (Å²) in [5.74, 6) is 0. The molecule has 3 rings (SSSR count). The Morgan fingerprint density at radius 2 is 1.42 bits per heavy atom. The van der Waals surface area contributed by atoms with E-state index in [-0.39, 0.29) is 6.10 Å². The van der Waals surface area contributed by atoms with Gasteiger partial charge in [-0.1, -0.05) is 78.9 Å². The number of hydrogen-bond donors (Lipinski definition) is 0. The molecule has 0 N–H and O–H groups in total. The van der Waals surface area contributed by atoms with Crippen molar-refractivity contribution in [3.63, 3.8) is 0 Å². The highest BCUT2D eigenvalue weighted by Gasteiger charge is 2.14. The van der Waals surface area contributed by atoms with Gasteiger partial charge in [0.2, 0.25) is 0 Å². The normalized spacial score (nSPS) is 12.1. The maximum atomic E-state index is 6.35. The average Bonchev–Trinajstić information content (AvgIpc) is 2.63. The first-order valence-electron chi connectivity index (χ1n) is 8.49. The second kappa shape index (κ2) is 7.94. The van der Waals surface area contributed by atoms with E-state index in [1.165, 1.54) is 27.8 Å². The Balaban J connectivity index is 1.78. The van der Waals surface area contributed by atoms with E-state index in [2.05, 4.69) is 86.6 Å². The third kappa shape index (κ3) is 4.12. The number of aryl methyl sites for hydroxylation is 1. The number of ether oxygens (including phenoxy) is 1. The molecule has 0 aromatic heterocycles. The number of hydrogen-bond acceptors (Lipinski definition) is 1. The summed E-state index contributed by atoms with van der Waals surface area (Å²) < 4.78 is 6.35. The maximum Gasteiger partial charge on any atom is 0.0869 e. The van der Waals surface area contributed by atoms with Crippen LogP contribution in [-0.4, -0.2) is 0 Å². The van der Waals surface area contributed by atoms with E-state index in [1.807, 2.05) is 6.07 Å². The summed E-state index contributed by atoms with van der Waals surface area (Å²) >= 11 is 0. The zero-order valence-corrected chi connectivity index (χ0v) is 14.4. The molecule has 0 fully saturated rings. The molecule has 122 valence electrons. The van der Waals surface area contributed by atoms with Gasteiger partial charge in [0.25, 0.3) is 0 Å². The smallest absolute Gasteiger partial charge is 0.0869 e. The molecule has 1 heteroatoms. The van der Waals surface area contributed by atoms with Gasteiger partial charge in [0.15, 0.2) is 0 Å². The lowest BCUT2D eigenvalue weighted by molar-refractivity contribution is 0.0396. The molecule has 24 heavy (non-hydrogen) atoms.